The van der Waals surface area contributed by atoms with E-state index >= 15 is 0 Å². The van der Waals surface area contributed by atoms with E-state index < -0.39 is 18.3 Å². The van der Waals surface area contributed by atoms with Crippen LogP contribution in [0, 0.1) is 0 Å². The molecule has 0 unspecified atom stereocenters. The zero-order valence-electron chi connectivity index (χ0n) is 8.91. The van der Waals surface area contributed by atoms with Crippen molar-refractivity contribution >= 4 is 28.3 Å². The molecule has 8 heteroatoms. The number of esters is 1. The molecule has 0 spiro atoms. The van der Waals surface area contributed by atoms with Crippen molar-refractivity contribution in [3.05, 3.63) is 11.1 Å². The highest BCUT2D eigenvalue weighted by Gasteiger charge is 2.17. The van der Waals surface area contributed by atoms with Crippen molar-refractivity contribution in [2.75, 3.05) is 11.9 Å². The fourth-order valence-corrected chi connectivity index (χ4v) is 1.68. The van der Waals surface area contributed by atoms with Gasteiger partial charge in [-0.05, 0) is 6.92 Å². The van der Waals surface area contributed by atoms with Crippen molar-refractivity contribution in [3.8, 4) is 0 Å². The molecule has 1 rings (SSSR count). The third-order valence-electron chi connectivity index (χ3n) is 1.61. The largest absolute Gasteiger partial charge is 0.466 e. The molecule has 1 aromatic rings. The molecule has 5 nitrogen and oxygen atoms in total. The first-order valence-electron chi connectivity index (χ1n) is 4.72. The molecule has 0 aliphatic heterocycles. The first kappa shape index (κ1) is 13.5. The molecule has 17 heavy (non-hydrogen) atoms. The second-order valence-electron chi connectivity index (χ2n) is 2.92. The van der Waals surface area contributed by atoms with E-state index in [1.807, 2.05) is 5.32 Å². The van der Waals surface area contributed by atoms with E-state index in [4.69, 9.17) is 4.74 Å². The van der Waals surface area contributed by atoms with Crippen molar-refractivity contribution in [1.82, 2.24) is 4.98 Å². The fourth-order valence-electron chi connectivity index (χ4n) is 0.965. The minimum atomic E-state index is -3.09. The Balaban J connectivity index is 2.53. The third-order valence-corrected chi connectivity index (χ3v) is 2.42. The van der Waals surface area contributed by atoms with Crippen molar-refractivity contribution in [2.45, 2.75) is 19.8 Å². The van der Waals surface area contributed by atoms with Gasteiger partial charge in [-0.1, -0.05) is 0 Å². The summed E-state index contributed by atoms with van der Waals surface area (Å²) in [6.07, 6.45) is -3.14. The molecule has 0 aromatic carbocycles. The quantitative estimate of drug-likeness (QED) is 0.817. The van der Waals surface area contributed by atoms with Crippen molar-refractivity contribution in [2.24, 2.45) is 0 Å². The SMILES string of the molecule is CCOC(=O)Cc1csc(NC(=O)C(F)F)n1. The summed E-state index contributed by atoms with van der Waals surface area (Å²) in [7, 11) is 0. The molecule has 94 valence electrons. The van der Waals surface area contributed by atoms with Crippen molar-refractivity contribution < 1.29 is 23.1 Å². The van der Waals surface area contributed by atoms with Gasteiger partial charge in [0.2, 0.25) is 0 Å². The first-order valence-corrected chi connectivity index (χ1v) is 5.60. The molecule has 1 N–H and O–H groups in total. The van der Waals surface area contributed by atoms with Crippen LogP contribution in [-0.2, 0) is 20.7 Å². The predicted molar refractivity (Wildman–Crippen MR) is 57.1 cm³/mol. The maximum Gasteiger partial charge on any atom is 0.315 e. The molecule has 0 saturated carbocycles. The summed E-state index contributed by atoms with van der Waals surface area (Å²) in [6.45, 7) is 1.94. The number of carbonyl (C=O) groups is 2. The molecule has 0 atom stereocenters. The first-order chi connectivity index (χ1) is 8.02. The van der Waals surface area contributed by atoms with Crippen LogP contribution in [0.2, 0.25) is 0 Å². The molecular weight excluding hydrogens is 254 g/mol. The van der Waals surface area contributed by atoms with Gasteiger partial charge in [-0.2, -0.15) is 8.78 Å². The van der Waals surface area contributed by atoms with Gasteiger partial charge in [-0.3, -0.25) is 14.9 Å². The zero-order valence-corrected chi connectivity index (χ0v) is 9.72. The molecule has 1 aromatic heterocycles. The van der Waals surface area contributed by atoms with Crippen LogP contribution in [0.4, 0.5) is 13.9 Å². The lowest BCUT2D eigenvalue weighted by Crippen LogP contribution is -2.20. The molecule has 0 aliphatic rings. The van der Waals surface area contributed by atoms with Gasteiger partial charge in [-0.25, -0.2) is 4.98 Å². The Morgan fingerprint density at radius 1 is 1.59 bits per heavy atom. The van der Waals surface area contributed by atoms with E-state index in [1.165, 1.54) is 5.38 Å². The standard InChI is InChI=1S/C9H10F2N2O3S/c1-2-16-6(14)3-5-4-17-9(12-5)13-8(15)7(10)11/h4,7H,2-3H2,1H3,(H,12,13,15). The molecule has 0 bridgehead atoms. The number of rotatable bonds is 5. The van der Waals surface area contributed by atoms with Crippen LogP contribution in [0.3, 0.4) is 0 Å². The molecule has 1 heterocycles. The summed E-state index contributed by atoms with van der Waals surface area (Å²) in [5, 5.41) is 3.47. The van der Waals surface area contributed by atoms with E-state index in [0.717, 1.165) is 11.3 Å². The summed E-state index contributed by atoms with van der Waals surface area (Å²) in [4.78, 5) is 25.6. The minimum absolute atomic E-state index is 0.0367. The molecule has 0 saturated heterocycles. The molecule has 0 fully saturated rings. The van der Waals surface area contributed by atoms with Crippen LogP contribution in [0.1, 0.15) is 12.6 Å². The summed E-state index contributed by atoms with van der Waals surface area (Å²) in [5.74, 6) is -1.87. The van der Waals surface area contributed by atoms with Crippen LogP contribution in [0.25, 0.3) is 0 Å². The number of carbonyl (C=O) groups excluding carboxylic acids is 2. The number of anilines is 1. The molecular formula is C9H10F2N2O3S. The zero-order chi connectivity index (χ0) is 12.8. The monoisotopic (exact) mass is 264 g/mol. The second-order valence-corrected chi connectivity index (χ2v) is 3.77. The average Bonchev–Trinajstić information content (AvgIpc) is 2.65. The van der Waals surface area contributed by atoms with Crippen LogP contribution in [0.5, 0.6) is 0 Å². The summed E-state index contributed by atoms with van der Waals surface area (Å²) in [5.41, 5.74) is 0.373. The van der Waals surface area contributed by atoms with Gasteiger partial charge in [0, 0.05) is 5.38 Å². The number of nitrogens with zero attached hydrogens (tertiary/aromatic N) is 1. The number of nitrogens with one attached hydrogen (secondary N) is 1. The number of ether oxygens (including phenoxy) is 1. The topological polar surface area (TPSA) is 68.3 Å². The highest BCUT2D eigenvalue weighted by molar-refractivity contribution is 7.13. The highest BCUT2D eigenvalue weighted by Crippen LogP contribution is 2.16. The Labute approximate surface area is 99.8 Å². The number of aromatic nitrogens is 1. The molecule has 0 radical (unpaired) electrons. The number of thiazole rings is 1. The number of amides is 1. The normalized spacial score (nSPS) is 10.4. The van der Waals surface area contributed by atoms with E-state index in [1.54, 1.807) is 6.92 Å². The molecule has 1 amide bonds. The summed E-state index contributed by atoms with van der Waals surface area (Å²) >= 11 is 0.971. The lowest BCUT2D eigenvalue weighted by Gasteiger charge is -1.99. The van der Waals surface area contributed by atoms with Crippen LogP contribution >= 0.6 is 11.3 Å². The fraction of sp³-hybridized carbons (Fsp3) is 0.444. The summed E-state index contributed by atoms with van der Waals surface area (Å²) in [6, 6.07) is 0. The molecule has 0 aliphatic carbocycles. The van der Waals surface area contributed by atoms with Crippen molar-refractivity contribution in [3.63, 3.8) is 0 Å². The average molecular weight is 264 g/mol. The van der Waals surface area contributed by atoms with Gasteiger partial charge in [0.05, 0.1) is 18.7 Å². The second kappa shape index (κ2) is 6.24. The lowest BCUT2D eigenvalue weighted by molar-refractivity contribution is -0.142. The Morgan fingerprint density at radius 3 is 2.88 bits per heavy atom. The Morgan fingerprint density at radius 2 is 2.29 bits per heavy atom. The van der Waals surface area contributed by atoms with Gasteiger partial charge in [0.25, 0.3) is 5.91 Å². The Hall–Kier alpha value is -1.57. The van der Waals surface area contributed by atoms with Gasteiger partial charge >= 0.3 is 12.4 Å². The number of alkyl halides is 2. The predicted octanol–water partition coefficient (Wildman–Crippen LogP) is 1.45. The number of hydrogen-bond donors (Lipinski definition) is 1. The van der Waals surface area contributed by atoms with Crippen LogP contribution in [-0.4, -0.2) is 29.9 Å². The van der Waals surface area contributed by atoms with Crippen LogP contribution < -0.4 is 5.32 Å². The van der Waals surface area contributed by atoms with Crippen molar-refractivity contribution in [1.29, 1.82) is 0 Å². The van der Waals surface area contributed by atoms with E-state index in [0.29, 0.717) is 5.69 Å². The maximum absolute atomic E-state index is 11.9. The maximum atomic E-state index is 11.9. The van der Waals surface area contributed by atoms with E-state index in [2.05, 4.69) is 4.98 Å². The summed E-state index contributed by atoms with van der Waals surface area (Å²) < 4.78 is 28.5. The van der Waals surface area contributed by atoms with Gasteiger partial charge in [-0.15, -0.1) is 11.3 Å². The van der Waals surface area contributed by atoms with Gasteiger partial charge < -0.3 is 4.74 Å². The number of halogens is 2. The van der Waals surface area contributed by atoms with Gasteiger partial charge in [0.1, 0.15) is 0 Å². The number of hydrogen-bond acceptors (Lipinski definition) is 5. The lowest BCUT2D eigenvalue weighted by atomic mass is 10.3. The Kier molecular flexibility index (Phi) is 4.95. The Bertz CT molecular complexity index is 409. The van der Waals surface area contributed by atoms with E-state index in [9.17, 15) is 18.4 Å². The van der Waals surface area contributed by atoms with Crippen LogP contribution in [0.15, 0.2) is 5.38 Å². The highest BCUT2D eigenvalue weighted by atomic mass is 32.1. The minimum Gasteiger partial charge on any atom is -0.466 e. The smallest absolute Gasteiger partial charge is 0.315 e. The van der Waals surface area contributed by atoms with E-state index in [-0.39, 0.29) is 18.2 Å². The van der Waals surface area contributed by atoms with Gasteiger partial charge in [0.15, 0.2) is 5.13 Å². The third kappa shape index (κ3) is 4.43.